The van der Waals surface area contributed by atoms with E-state index in [1.54, 1.807) is 0 Å². The van der Waals surface area contributed by atoms with Gasteiger partial charge in [-0.05, 0) is 31.0 Å². The molecule has 0 bridgehead atoms. The molecule has 3 atom stereocenters. The molecule has 2 N–H and O–H groups in total. The fourth-order valence-electron chi connectivity index (χ4n) is 3.21. The topological polar surface area (TPSA) is 93.4 Å². The molecule has 26 heavy (non-hydrogen) atoms. The van der Waals surface area contributed by atoms with E-state index in [-0.39, 0.29) is 42.8 Å². The van der Waals surface area contributed by atoms with Crippen molar-refractivity contribution in [2.24, 2.45) is 11.8 Å². The van der Waals surface area contributed by atoms with Crippen molar-refractivity contribution < 1.29 is 23.5 Å². The molecule has 1 aliphatic heterocycles. The molecular formula is C18H19F2N3O3. The van der Waals surface area contributed by atoms with E-state index in [0.29, 0.717) is 19.4 Å². The predicted octanol–water partition coefficient (Wildman–Crippen LogP) is 0.747. The predicted molar refractivity (Wildman–Crippen MR) is 86.4 cm³/mol. The van der Waals surface area contributed by atoms with E-state index in [9.17, 15) is 23.5 Å². The molecule has 0 aromatic heterocycles. The molecule has 0 spiro atoms. The number of nitriles is 1. The first kappa shape index (κ1) is 18.3. The summed E-state index contributed by atoms with van der Waals surface area (Å²) in [6, 6.07) is 4.95. The molecule has 8 heteroatoms. The third-order valence-electron chi connectivity index (χ3n) is 4.89. The zero-order valence-electron chi connectivity index (χ0n) is 14.0. The second-order valence-electron chi connectivity index (χ2n) is 7.00. The summed E-state index contributed by atoms with van der Waals surface area (Å²) in [5.74, 6) is -2.51. The van der Waals surface area contributed by atoms with Crippen molar-refractivity contribution >= 4 is 11.8 Å². The summed E-state index contributed by atoms with van der Waals surface area (Å²) < 4.78 is 26.7. The van der Waals surface area contributed by atoms with E-state index in [1.165, 1.54) is 4.90 Å². The lowest BCUT2D eigenvalue weighted by Crippen LogP contribution is -2.46. The van der Waals surface area contributed by atoms with E-state index in [1.807, 2.05) is 0 Å². The fraction of sp³-hybridized carbons (Fsp3) is 0.500. The van der Waals surface area contributed by atoms with Gasteiger partial charge in [-0.2, -0.15) is 5.26 Å². The summed E-state index contributed by atoms with van der Waals surface area (Å²) in [6.07, 6.45) is 0.520. The van der Waals surface area contributed by atoms with Crippen LogP contribution >= 0.6 is 0 Å². The maximum absolute atomic E-state index is 13.6. The van der Waals surface area contributed by atoms with Crippen LogP contribution in [0.3, 0.4) is 0 Å². The molecule has 1 heterocycles. The number of β-amino-alcohol motifs (C(OH)–C–C–N with tert-alkyl or cyclic N) is 1. The monoisotopic (exact) mass is 363 g/mol. The number of rotatable bonds is 5. The van der Waals surface area contributed by atoms with Crippen molar-refractivity contribution in [2.75, 3.05) is 19.6 Å². The smallest absolute Gasteiger partial charge is 0.227 e. The summed E-state index contributed by atoms with van der Waals surface area (Å²) in [5.41, 5.74) is -1.32. The first-order chi connectivity index (χ1) is 12.3. The van der Waals surface area contributed by atoms with E-state index < -0.39 is 23.1 Å². The molecule has 1 aliphatic carbocycles. The number of amides is 2. The highest BCUT2D eigenvalue weighted by Gasteiger charge is 2.48. The van der Waals surface area contributed by atoms with Gasteiger partial charge >= 0.3 is 0 Å². The number of benzene rings is 1. The van der Waals surface area contributed by atoms with Crippen LogP contribution in [0.1, 0.15) is 18.4 Å². The highest BCUT2D eigenvalue weighted by atomic mass is 19.1. The number of aliphatic hydroxyl groups is 1. The van der Waals surface area contributed by atoms with Crippen LogP contribution in [-0.2, 0) is 16.0 Å². The maximum atomic E-state index is 13.6. The number of hydrogen-bond acceptors (Lipinski definition) is 4. The van der Waals surface area contributed by atoms with Crippen molar-refractivity contribution in [3.8, 4) is 6.07 Å². The van der Waals surface area contributed by atoms with Crippen LogP contribution in [0.5, 0.6) is 0 Å². The standard InChI is InChI=1S/C18H19F2N3O3/c19-13-1-2-15(20)11(5-13)7-16(24)22-9-18(26)3-4-23(10-18)17(25)14-6-12(14)8-21/h1-2,5,12,14,26H,3-4,6-7,9-10H2,(H,22,24)/t12-,14+,18?/m0/s1. The number of halogens is 2. The molecule has 1 aromatic rings. The zero-order valence-corrected chi connectivity index (χ0v) is 14.0. The summed E-state index contributed by atoms with van der Waals surface area (Å²) >= 11 is 0. The molecule has 138 valence electrons. The lowest BCUT2D eigenvalue weighted by molar-refractivity contribution is -0.132. The molecule has 6 nitrogen and oxygen atoms in total. The molecule has 2 aliphatic rings. The largest absolute Gasteiger partial charge is 0.386 e. The molecule has 3 rings (SSSR count). The van der Waals surface area contributed by atoms with Gasteiger partial charge in [-0.3, -0.25) is 9.59 Å². The number of hydrogen-bond donors (Lipinski definition) is 2. The fourth-order valence-corrected chi connectivity index (χ4v) is 3.21. The minimum atomic E-state index is -1.26. The minimum absolute atomic E-state index is 0.0611. The van der Waals surface area contributed by atoms with Gasteiger partial charge in [0.2, 0.25) is 11.8 Å². The van der Waals surface area contributed by atoms with E-state index >= 15 is 0 Å². The Labute approximate surface area is 149 Å². The van der Waals surface area contributed by atoms with Crippen LogP contribution in [0.4, 0.5) is 8.78 Å². The minimum Gasteiger partial charge on any atom is -0.386 e. The van der Waals surface area contributed by atoms with Crippen LogP contribution in [0.15, 0.2) is 18.2 Å². The average Bonchev–Trinajstić information content (AvgIpc) is 3.30. The molecule has 0 radical (unpaired) electrons. The molecule has 2 amide bonds. The molecule has 1 saturated carbocycles. The summed E-state index contributed by atoms with van der Waals surface area (Å²) in [5, 5.41) is 21.9. The van der Waals surface area contributed by atoms with Gasteiger partial charge in [-0.1, -0.05) is 0 Å². The summed E-state index contributed by atoms with van der Waals surface area (Å²) in [4.78, 5) is 25.7. The van der Waals surface area contributed by atoms with Crippen molar-refractivity contribution in [3.63, 3.8) is 0 Å². The van der Waals surface area contributed by atoms with E-state index in [0.717, 1.165) is 18.2 Å². The Balaban J connectivity index is 1.50. The number of nitrogens with zero attached hydrogens (tertiary/aromatic N) is 2. The quantitative estimate of drug-likeness (QED) is 0.807. The Hall–Kier alpha value is -2.53. The molecular weight excluding hydrogens is 344 g/mol. The highest BCUT2D eigenvalue weighted by molar-refractivity contribution is 5.83. The third kappa shape index (κ3) is 3.99. The van der Waals surface area contributed by atoms with Gasteiger partial charge in [0, 0.05) is 18.7 Å². The highest BCUT2D eigenvalue weighted by Crippen LogP contribution is 2.40. The number of carbonyl (C=O) groups excluding carboxylic acids is 2. The Bertz CT molecular complexity index is 779. The van der Waals surface area contributed by atoms with E-state index in [2.05, 4.69) is 11.4 Å². The van der Waals surface area contributed by atoms with Crippen molar-refractivity contribution in [1.29, 1.82) is 5.26 Å². The third-order valence-corrected chi connectivity index (χ3v) is 4.89. The summed E-state index contributed by atoms with van der Waals surface area (Å²) in [7, 11) is 0. The van der Waals surface area contributed by atoms with Crippen LogP contribution in [0.25, 0.3) is 0 Å². The SMILES string of the molecule is N#C[C@@H]1C[C@H]1C(=O)N1CCC(O)(CNC(=O)Cc2cc(F)ccc2F)C1. The van der Waals surface area contributed by atoms with Gasteiger partial charge in [0.1, 0.15) is 17.2 Å². The number of nitrogens with one attached hydrogen (secondary N) is 1. The Morgan fingerprint density at radius 3 is 2.88 bits per heavy atom. The van der Waals surface area contributed by atoms with Gasteiger partial charge in [-0.15, -0.1) is 0 Å². The first-order valence-corrected chi connectivity index (χ1v) is 8.43. The normalized spacial score (nSPS) is 27.1. The van der Waals surface area contributed by atoms with Crippen molar-refractivity contribution in [1.82, 2.24) is 10.2 Å². The average molecular weight is 363 g/mol. The lowest BCUT2D eigenvalue weighted by Gasteiger charge is -2.24. The van der Waals surface area contributed by atoms with Crippen LogP contribution < -0.4 is 5.32 Å². The second-order valence-corrected chi connectivity index (χ2v) is 7.00. The Kier molecular flexibility index (Phi) is 4.92. The first-order valence-electron chi connectivity index (χ1n) is 8.43. The Morgan fingerprint density at radius 2 is 2.19 bits per heavy atom. The second kappa shape index (κ2) is 7.00. The Morgan fingerprint density at radius 1 is 1.42 bits per heavy atom. The number of carbonyl (C=O) groups is 2. The van der Waals surface area contributed by atoms with Crippen molar-refractivity contribution in [2.45, 2.75) is 24.9 Å². The van der Waals surface area contributed by atoms with Crippen LogP contribution in [0.2, 0.25) is 0 Å². The van der Waals surface area contributed by atoms with Gasteiger partial charge in [0.15, 0.2) is 0 Å². The molecule has 2 fully saturated rings. The maximum Gasteiger partial charge on any atom is 0.227 e. The lowest BCUT2D eigenvalue weighted by atomic mass is 10.0. The zero-order chi connectivity index (χ0) is 18.9. The van der Waals surface area contributed by atoms with Gasteiger partial charge in [0.05, 0.1) is 30.9 Å². The summed E-state index contributed by atoms with van der Waals surface area (Å²) in [6.45, 7) is 0.354. The number of likely N-dealkylation sites (tertiary alicyclic amines) is 1. The van der Waals surface area contributed by atoms with E-state index in [4.69, 9.17) is 5.26 Å². The molecule has 1 saturated heterocycles. The van der Waals surface area contributed by atoms with Gasteiger partial charge in [0.25, 0.3) is 0 Å². The van der Waals surface area contributed by atoms with Gasteiger partial charge in [-0.25, -0.2) is 8.78 Å². The molecule has 1 aromatic carbocycles. The van der Waals surface area contributed by atoms with Gasteiger partial charge < -0.3 is 15.3 Å². The van der Waals surface area contributed by atoms with Crippen LogP contribution in [-0.4, -0.2) is 47.1 Å². The van der Waals surface area contributed by atoms with Crippen molar-refractivity contribution in [3.05, 3.63) is 35.4 Å². The molecule has 1 unspecified atom stereocenters. The van der Waals surface area contributed by atoms with Crippen LogP contribution in [0, 0.1) is 34.8 Å².